The number of carboxylic acids is 1. The van der Waals surface area contributed by atoms with Crippen LogP contribution < -0.4 is 5.43 Å². The van der Waals surface area contributed by atoms with Crippen molar-refractivity contribution in [2.75, 3.05) is 6.61 Å². The van der Waals surface area contributed by atoms with Gasteiger partial charge in [-0.2, -0.15) is 0 Å². The molecule has 0 aliphatic carbocycles. The second kappa shape index (κ2) is 7.28. The van der Waals surface area contributed by atoms with E-state index in [2.05, 4.69) is 4.99 Å². The maximum atomic E-state index is 12.9. The van der Waals surface area contributed by atoms with E-state index in [0.29, 0.717) is 27.1 Å². The standard InChI is InChI=1S/C24H17NO5S/c1-12-19(23(27)28)20(21-16(25-12)11-30-24(21)29)15-9-5-8-14-17(26)10-18(31-22(14)15)13-6-3-2-4-7-13/h2-10,19-20H,11H2,1H3,(H,27,28). The molecular weight excluding hydrogens is 414 g/mol. The van der Waals surface area contributed by atoms with E-state index < -0.39 is 23.8 Å². The number of hydrogen-bond acceptors (Lipinski definition) is 6. The minimum Gasteiger partial charge on any atom is -0.481 e. The zero-order valence-electron chi connectivity index (χ0n) is 16.5. The molecule has 2 aliphatic heterocycles. The Morgan fingerprint density at radius 3 is 2.65 bits per heavy atom. The van der Waals surface area contributed by atoms with Crippen molar-refractivity contribution in [3.05, 3.63) is 81.7 Å². The Kier molecular flexibility index (Phi) is 4.55. The van der Waals surface area contributed by atoms with Crippen LogP contribution in [0.25, 0.3) is 20.5 Å². The van der Waals surface area contributed by atoms with Crippen molar-refractivity contribution in [2.24, 2.45) is 10.9 Å². The van der Waals surface area contributed by atoms with E-state index in [-0.39, 0.29) is 17.6 Å². The molecule has 31 heavy (non-hydrogen) atoms. The molecule has 2 aromatic carbocycles. The molecule has 3 aromatic rings. The summed E-state index contributed by atoms with van der Waals surface area (Å²) in [6, 6.07) is 16.4. The fourth-order valence-corrected chi connectivity index (χ4v) is 5.57. The molecule has 0 bridgehead atoms. The molecule has 1 N–H and O–H groups in total. The highest BCUT2D eigenvalue weighted by Gasteiger charge is 2.45. The first-order valence-electron chi connectivity index (χ1n) is 9.76. The summed E-state index contributed by atoms with van der Waals surface area (Å²) >= 11 is 1.42. The van der Waals surface area contributed by atoms with E-state index in [1.807, 2.05) is 30.3 Å². The monoisotopic (exact) mass is 431 g/mol. The Bertz CT molecular complexity index is 1370. The smallest absolute Gasteiger partial charge is 0.337 e. The van der Waals surface area contributed by atoms with Gasteiger partial charge in [0.15, 0.2) is 5.43 Å². The average molecular weight is 431 g/mol. The van der Waals surface area contributed by atoms with Crippen molar-refractivity contribution in [1.82, 2.24) is 0 Å². The third-order valence-electron chi connectivity index (χ3n) is 5.72. The van der Waals surface area contributed by atoms with Gasteiger partial charge in [-0.1, -0.05) is 42.5 Å². The number of ether oxygens (including phenoxy) is 1. The highest BCUT2D eigenvalue weighted by molar-refractivity contribution is 7.21. The quantitative estimate of drug-likeness (QED) is 0.633. The summed E-state index contributed by atoms with van der Waals surface area (Å²) in [5, 5.41) is 10.5. The Labute approximate surface area is 181 Å². The highest BCUT2D eigenvalue weighted by atomic mass is 32.1. The topological polar surface area (TPSA) is 93.0 Å². The van der Waals surface area contributed by atoms with Crippen molar-refractivity contribution in [3.63, 3.8) is 0 Å². The number of aliphatic imine (C=N–C) groups is 1. The van der Waals surface area contributed by atoms with E-state index >= 15 is 0 Å². The van der Waals surface area contributed by atoms with Crippen molar-refractivity contribution in [3.8, 4) is 10.4 Å². The second-order valence-electron chi connectivity index (χ2n) is 7.55. The van der Waals surface area contributed by atoms with Gasteiger partial charge in [-0.3, -0.25) is 14.6 Å². The van der Waals surface area contributed by atoms with Crippen LogP contribution in [0.3, 0.4) is 0 Å². The largest absolute Gasteiger partial charge is 0.481 e. The number of nitrogens with zero attached hydrogens (tertiary/aromatic N) is 1. The predicted octanol–water partition coefficient (Wildman–Crippen LogP) is 4.00. The lowest BCUT2D eigenvalue weighted by molar-refractivity contribution is -0.140. The number of carbonyl (C=O) groups excluding carboxylic acids is 1. The van der Waals surface area contributed by atoms with Crippen LogP contribution in [0.15, 0.2) is 75.7 Å². The van der Waals surface area contributed by atoms with Gasteiger partial charge in [-0.05, 0) is 24.1 Å². The van der Waals surface area contributed by atoms with Crippen molar-refractivity contribution in [1.29, 1.82) is 0 Å². The van der Waals surface area contributed by atoms with Crippen LogP contribution in [0.5, 0.6) is 0 Å². The number of cyclic esters (lactones) is 1. The molecule has 0 fully saturated rings. The second-order valence-corrected chi connectivity index (χ2v) is 8.60. The number of hydrogen-bond donors (Lipinski definition) is 1. The number of aliphatic carboxylic acids is 1. The molecule has 154 valence electrons. The van der Waals surface area contributed by atoms with Crippen molar-refractivity contribution in [2.45, 2.75) is 12.8 Å². The highest BCUT2D eigenvalue weighted by Crippen LogP contribution is 2.45. The van der Waals surface area contributed by atoms with E-state index in [4.69, 9.17) is 4.74 Å². The fourth-order valence-electron chi connectivity index (χ4n) is 4.34. The molecule has 5 rings (SSSR count). The molecule has 0 spiro atoms. The summed E-state index contributed by atoms with van der Waals surface area (Å²) in [6.07, 6.45) is 0. The zero-order chi connectivity index (χ0) is 21.7. The van der Waals surface area contributed by atoms with Crippen LogP contribution in [0.2, 0.25) is 0 Å². The van der Waals surface area contributed by atoms with Crippen LogP contribution in [-0.2, 0) is 14.3 Å². The first-order chi connectivity index (χ1) is 15.0. The molecule has 3 heterocycles. The number of rotatable bonds is 3. The van der Waals surface area contributed by atoms with E-state index in [1.165, 1.54) is 11.3 Å². The zero-order valence-corrected chi connectivity index (χ0v) is 17.3. The summed E-state index contributed by atoms with van der Waals surface area (Å²) in [6.45, 7) is 1.69. The third kappa shape index (κ3) is 3.09. The van der Waals surface area contributed by atoms with Gasteiger partial charge < -0.3 is 9.84 Å². The molecule has 7 heteroatoms. The Morgan fingerprint density at radius 1 is 1.13 bits per heavy atom. The van der Waals surface area contributed by atoms with Gasteiger partial charge in [0.25, 0.3) is 0 Å². The number of fused-ring (bicyclic) bond motifs is 1. The van der Waals surface area contributed by atoms with Crippen molar-refractivity contribution < 1.29 is 19.4 Å². The lowest BCUT2D eigenvalue weighted by Gasteiger charge is -2.28. The van der Waals surface area contributed by atoms with Gasteiger partial charge in [0.05, 0.1) is 11.3 Å². The first kappa shape index (κ1) is 19.4. The summed E-state index contributed by atoms with van der Waals surface area (Å²) in [5.74, 6) is -3.41. The maximum absolute atomic E-state index is 12.9. The lowest BCUT2D eigenvalue weighted by atomic mass is 9.76. The molecule has 2 aliphatic rings. The molecular formula is C24H17NO5S. The Hall–Kier alpha value is -3.58. The predicted molar refractivity (Wildman–Crippen MR) is 118 cm³/mol. The summed E-state index contributed by atoms with van der Waals surface area (Å²) < 4.78 is 5.86. The fraction of sp³-hybridized carbons (Fsp3) is 0.167. The lowest BCUT2D eigenvalue weighted by Crippen LogP contribution is -2.34. The van der Waals surface area contributed by atoms with Gasteiger partial charge in [-0.25, -0.2) is 4.79 Å². The van der Waals surface area contributed by atoms with Crippen LogP contribution >= 0.6 is 11.3 Å². The van der Waals surface area contributed by atoms with Crippen molar-refractivity contribution >= 4 is 39.1 Å². The van der Waals surface area contributed by atoms with Crippen LogP contribution in [0.4, 0.5) is 0 Å². The maximum Gasteiger partial charge on any atom is 0.337 e. The van der Waals surface area contributed by atoms with E-state index in [1.54, 1.807) is 31.2 Å². The molecule has 0 radical (unpaired) electrons. The number of carbonyl (C=O) groups is 2. The molecule has 0 amide bonds. The molecule has 0 saturated heterocycles. The van der Waals surface area contributed by atoms with Gasteiger partial charge in [0.1, 0.15) is 12.5 Å². The molecule has 6 nitrogen and oxygen atoms in total. The molecule has 0 saturated carbocycles. The van der Waals surface area contributed by atoms with E-state index in [9.17, 15) is 19.5 Å². The average Bonchev–Trinajstić information content (AvgIpc) is 3.13. The number of carboxylic acid groups (broad SMARTS) is 1. The summed E-state index contributed by atoms with van der Waals surface area (Å²) in [7, 11) is 0. The Morgan fingerprint density at radius 2 is 1.90 bits per heavy atom. The summed E-state index contributed by atoms with van der Waals surface area (Å²) in [5.41, 5.74) is 2.54. The minimum atomic E-state index is -1.07. The molecule has 2 unspecified atom stereocenters. The Balaban J connectivity index is 1.80. The normalized spacial score (nSPS) is 20.4. The first-order valence-corrected chi connectivity index (χ1v) is 10.6. The van der Waals surface area contributed by atoms with Gasteiger partial charge >= 0.3 is 11.9 Å². The minimum absolute atomic E-state index is 0.0324. The molecule has 2 atom stereocenters. The summed E-state index contributed by atoms with van der Waals surface area (Å²) in [4.78, 5) is 42.8. The van der Waals surface area contributed by atoms with Crippen LogP contribution in [-0.4, -0.2) is 29.4 Å². The van der Waals surface area contributed by atoms with Gasteiger partial charge in [0, 0.05) is 32.7 Å². The molecule has 1 aromatic heterocycles. The number of benzene rings is 2. The van der Waals surface area contributed by atoms with Crippen LogP contribution in [0, 0.1) is 5.92 Å². The van der Waals surface area contributed by atoms with Gasteiger partial charge in [0.2, 0.25) is 0 Å². The third-order valence-corrected chi connectivity index (χ3v) is 6.95. The van der Waals surface area contributed by atoms with E-state index in [0.717, 1.165) is 10.4 Å². The SMILES string of the molecule is CC1=NC2=C(C(=O)OC2)C(c2cccc3c(=O)cc(-c4ccccc4)sc23)C1C(=O)O. The van der Waals surface area contributed by atoms with Gasteiger partial charge in [-0.15, -0.1) is 11.3 Å². The number of esters is 1. The van der Waals surface area contributed by atoms with Crippen LogP contribution in [0.1, 0.15) is 18.4 Å².